The van der Waals surface area contributed by atoms with E-state index in [1.807, 2.05) is 0 Å². The molecular formula is C23H44O5S. The van der Waals surface area contributed by atoms with Crippen LogP contribution in [0.15, 0.2) is 11.0 Å². The molecule has 6 heteroatoms. The van der Waals surface area contributed by atoms with E-state index in [0.29, 0.717) is 25.9 Å². The van der Waals surface area contributed by atoms with Crippen molar-refractivity contribution in [2.24, 2.45) is 0 Å². The average Bonchev–Trinajstić information content (AvgIpc) is 2.67. The van der Waals surface area contributed by atoms with Crippen molar-refractivity contribution in [1.29, 1.82) is 0 Å². The SMILES string of the molecule is CCCCCCCC/C=C(/CCCCCCCC(=O)OCCCCC)S(=O)(=O)O. The Hall–Kier alpha value is -0.880. The summed E-state index contributed by atoms with van der Waals surface area (Å²) in [6.07, 6.45) is 17.7. The van der Waals surface area contributed by atoms with E-state index in [2.05, 4.69) is 13.8 Å². The van der Waals surface area contributed by atoms with Crippen LogP contribution in [0.3, 0.4) is 0 Å². The topological polar surface area (TPSA) is 80.7 Å². The summed E-state index contributed by atoms with van der Waals surface area (Å²) in [4.78, 5) is 11.7. The molecule has 0 saturated heterocycles. The fourth-order valence-electron chi connectivity index (χ4n) is 3.23. The van der Waals surface area contributed by atoms with Gasteiger partial charge in [-0.05, 0) is 38.5 Å². The number of unbranched alkanes of at least 4 members (excludes halogenated alkanes) is 12. The maximum absolute atomic E-state index is 11.6. The summed E-state index contributed by atoms with van der Waals surface area (Å²) < 4.78 is 37.7. The van der Waals surface area contributed by atoms with E-state index < -0.39 is 10.1 Å². The van der Waals surface area contributed by atoms with E-state index in [1.54, 1.807) is 6.08 Å². The molecule has 0 rings (SSSR count). The highest BCUT2D eigenvalue weighted by molar-refractivity contribution is 7.89. The molecule has 0 saturated carbocycles. The van der Waals surface area contributed by atoms with Gasteiger partial charge >= 0.3 is 5.97 Å². The first-order valence-corrected chi connectivity index (χ1v) is 13.2. The first-order valence-electron chi connectivity index (χ1n) is 11.7. The van der Waals surface area contributed by atoms with Crippen molar-refractivity contribution < 1.29 is 22.5 Å². The summed E-state index contributed by atoms with van der Waals surface area (Å²) in [7, 11) is -4.09. The predicted octanol–water partition coefficient (Wildman–Crippen LogP) is 6.97. The van der Waals surface area contributed by atoms with Crippen LogP contribution in [0.4, 0.5) is 0 Å². The highest BCUT2D eigenvalue weighted by atomic mass is 32.2. The fraction of sp³-hybridized carbons (Fsp3) is 0.870. The largest absolute Gasteiger partial charge is 0.466 e. The maximum Gasteiger partial charge on any atom is 0.305 e. The molecule has 0 aliphatic rings. The summed E-state index contributed by atoms with van der Waals surface area (Å²) in [5.41, 5.74) is 0. The zero-order valence-electron chi connectivity index (χ0n) is 18.8. The van der Waals surface area contributed by atoms with Crippen molar-refractivity contribution in [2.45, 2.75) is 123 Å². The molecule has 0 radical (unpaired) electrons. The van der Waals surface area contributed by atoms with Crippen LogP contribution in [0.2, 0.25) is 0 Å². The number of ether oxygens (including phenoxy) is 1. The van der Waals surface area contributed by atoms with Gasteiger partial charge in [0.05, 0.1) is 11.5 Å². The van der Waals surface area contributed by atoms with Crippen molar-refractivity contribution in [1.82, 2.24) is 0 Å². The second-order valence-corrected chi connectivity index (χ2v) is 9.37. The van der Waals surface area contributed by atoms with Crippen LogP contribution in [-0.4, -0.2) is 25.5 Å². The van der Waals surface area contributed by atoms with Gasteiger partial charge in [0.1, 0.15) is 0 Å². The van der Waals surface area contributed by atoms with E-state index in [4.69, 9.17) is 4.74 Å². The van der Waals surface area contributed by atoms with E-state index >= 15 is 0 Å². The predicted molar refractivity (Wildman–Crippen MR) is 120 cm³/mol. The van der Waals surface area contributed by atoms with Gasteiger partial charge in [-0.15, -0.1) is 0 Å². The molecule has 0 aromatic rings. The van der Waals surface area contributed by atoms with Crippen LogP contribution in [0.1, 0.15) is 123 Å². The molecule has 0 atom stereocenters. The first kappa shape index (κ1) is 28.1. The van der Waals surface area contributed by atoms with Crippen LogP contribution in [0.5, 0.6) is 0 Å². The highest BCUT2D eigenvalue weighted by Gasteiger charge is 2.12. The third-order valence-electron chi connectivity index (χ3n) is 5.08. The summed E-state index contributed by atoms with van der Waals surface area (Å²) in [5, 5.41) is 0. The lowest BCUT2D eigenvalue weighted by Gasteiger charge is -2.06. The third-order valence-corrected chi connectivity index (χ3v) is 6.11. The molecule has 0 heterocycles. The molecule has 0 aliphatic heterocycles. The van der Waals surface area contributed by atoms with Crippen molar-refractivity contribution in [3.05, 3.63) is 11.0 Å². The molecule has 0 aromatic heterocycles. The summed E-state index contributed by atoms with van der Waals surface area (Å²) in [6, 6.07) is 0. The lowest BCUT2D eigenvalue weighted by Crippen LogP contribution is -2.05. The lowest BCUT2D eigenvalue weighted by atomic mass is 10.1. The number of carbonyl (C=O) groups is 1. The van der Waals surface area contributed by atoms with Gasteiger partial charge in [0, 0.05) is 6.42 Å². The second-order valence-electron chi connectivity index (χ2n) is 7.90. The van der Waals surface area contributed by atoms with Crippen LogP contribution >= 0.6 is 0 Å². The van der Waals surface area contributed by atoms with Crippen LogP contribution in [0.25, 0.3) is 0 Å². The Labute approximate surface area is 179 Å². The molecule has 5 nitrogen and oxygen atoms in total. The summed E-state index contributed by atoms with van der Waals surface area (Å²) in [5.74, 6) is -0.118. The van der Waals surface area contributed by atoms with Gasteiger partial charge in [0.25, 0.3) is 10.1 Å². The molecule has 172 valence electrons. The molecule has 29 heavy (non-hydrogen) atoms. The third kappa shape index (κ3) is 18.9. The molecule has 0 bridgehead atoms. The molecule has 0 amide bonds. The van der Waals surface area contributed by atoms with Crippen LogP contribution in [-0.2, 0) is 19.6 Å². The van der Waals surface area contributed by atoms with Gasteiger partial charge in [-0.1, -0.05) is 84.1 Å². The Morgan fingerprint density at radius 1 is 0.759 bits per heavy atom. The standard InChI is InChI=1S/C23H44O5S/c1-3-5-7-8-9-11-14-18-22(29(25,26)27)19-15-12-10-13-16-20-23(24)28-21-17-6-4-2/h18H,3-17,19-21H2,1-2H3,(H,25,26,27)/b22-18-. The summed E-state index contributed by atoms with van der Waals surface area (Å²) >= 11 is 0. The van der Waals surface area contributed by atoms with E-state index in [-0.39, 0.29) is 10.9 Å². The van der Waals surface area contributed by atoms with Crippen molar-refractivity contribution >= 4 is 16.1 Å². The average molecular weight is 433 g/mol. The molecule has 0 spiro atoms. The fourth-order valence-corrected chi connectivity index (χ4v) is 3.96. The lowest BCUT2D eigenvalue weighted by molar-refractivity contribution is -0.143. The minimum atomic E-state index is -4.09. The normalized spacial score (nSPS) is 12.3. The number of hydrogen-bond acceptors (Lipinski definition) is 4. The Morgan fingerprint density at radius 3 is 1.90 bits per heavy atom. The monoisotopic (exact) mass is 432 g/mol. The van der Waals surface area contributed by atoms with E-state index in [9.17, 15) is 17.8 Å². The molecule has 0 aromatic carbocycles. The minimum absolute atomic E-state index is 0.118. The van der Waals surface area contributed by atoms with Gasteiger partial charge in [0.15, 0.2) is 0 Å². The van der Waals surface area contributed by atoms with Gasteiger partial charge in [-0.25, -0.2) is 0 Å². The van der Waals surface area contributed by atoms with Gasteiger partial charge < -0.3 is 4.74 Å². The number of rotatable bonds is 20. The first-order chi connectivity index (χ1) is 13.9. The van der Waals surface area contributed by atoms with Crippen molar-refractivity contribution in [3.8, 4) is 0 Å². The van der Waals surface area contributed by atoms with E-state index in [0.717, 1.165) is 64.2 Å². The Bertz CT molecular complexity index is 525. The number of carbonyl (C=O) groups excluding carboxylic acids is 1. The van der Waals surface area contributed by atoms with Crippen LogP contribution in [0, 0.1) is 0 Å². The Balaban J connectivity index is 3.84. The number of esters is 1. The van der Waals surface area contributed by atoms with E-state index in [1.165, 1.54) is 25.7 Å². The molecule has 1 N–H and O–H groups in total. The molecular weight excluding hydrogens is 388 g/mol. The summed E-state index contributed by atoms with van der Waals surface area (Å²) in [6.45, 7) is 4.83. The van der Waals surface area contributed by atoms with Gasteiger partial charge in [0.2, 0.25) is 0 Å². The number of hydrogen-bond donors (Lipinski definition) is 1. The quantitative estimate of drug-likeness (QED) is 0.128. The maximum atomic E-state index is 11.6. The second kappa shape index (κ2) is 19.1. The van der Waals surface area contributed by atoms with Gasteiger partial charge in [-0.2, -0.15) is 8.42 Å². The highest BCUT2D eigenvalue weighted by Crippen LogP contribution is 2.18. The Morgan fingerprint density at radius 2 is 1.28 bits per heavy atom. The molecule has 0 unspecified atom stereocenters. The smallest absolute Gasteiger partial charge is 0.305 e. The molecule has 0 aliphatic carbocycles. The van der Waals surface area contributed by atoms with Crippen LogP contribution < -0.4 is 0 Å². The molecule has 0 fully saturated rings. The zero-order chi connectivity index (χ0) is 21.8. The Kier molecular flexibility index (Phi) is 18.5. The number of allylic oxidation sites excluding steroid dienone is 2. The zero-order valence-corrected chi connectivity index (χ0v) is 19.6. The minimum Gasteiger partial charge on any atom is -0.466 e. The van der Waals surface area contributed by atoms with Gasteiger partial charge in [-0.3, -0.25) is 9.35 Å². The van der Waals surface area contributed by atoms with Crippen molar-refractivity contribution in [3.63, 3.8) is 0 Å². The van der Waals surface area contributed by atoms with Crippen molar-refractivity contribution in [2.75, 3.05) is 6.61 Å².